The Kier molecular flexibility index (Phi) is 5.50. The molecule has 0 aliphatic carbocycles. The maximum atomic E-state index is 13.0. The normalized spacial score (nSPS) is 13.1. The molecule has 1 atom stereocenters. The zero-order chi connectivity index (χ0) is 15.3. The lowest BCUT2D eigenvalue weighted by Gasteiger charge is -2.10. The molecule has 0 aromatic heterocycles. The van der Waals surface area contributed by atoms with Crippen LogP contribution in [0.2, 0.25) is 0 Å². The molecule has 1 amide bonds. The summed E-state index contributed by atoms with van der Waals surface area (Å²) in [6.07, 6.45) is -4.38. The molecule has 1 aromatic rings. The van der Waals surface area contributed by atoms with Crippen molar-refractivity contribution in [1.82, 2.24) is 5.32 Å². The number of alkyl halides is 3. The van der Waals surface area contributed by atoms with E-state index in [0.29, 0.717) is 25.0 Å². The fraction of sp³-hybridized carbons (Fsp3) is 0.462. The van der Waals surface area contributed by atoms with Crippen LogP contribution in [0, 0.1) is 5.82 Å². The molecule has 1 aromatic carbocycles. The van der Waals surface area contributed by atoms with E-state index in [2.05, 4.69) is 5.32 Å². The van der Waals surface area contributed by atoms with Gasteiger partial charge in [-0.2, -0.15) is 13.2 Å². The van der Waals surface area contributed by atoms with Crippen molar-refractivity contribution in [3.8, 4) is 0 Å². The molecule has 3 nitrogen and oxygen atoms in total. The van der Waals surface area contributed by atoms with Gasteiger partial charge in [-0.25, -0.2) is 4.39 Å². The van der Waals surface area contributed by atoms with Gasteiger partial charge < -0.3 is 10.4 Å². The molecule has 0 aliphatic heterocycles. The predicted molar refractivity (Wildman–Crippen MR) is 64.7 cm³/mol. The molecular weight excluding hydrogens is 278 g/mol. The summed E-state index contributed by atoms with van der Waals surface area (Å²) in [4.78, 5) is 11.6. The molecule has 0 saturated heterocycles. The Bertz CT molecular complexity index is 472. The van der Waals surface area contributed by atoms with Gasteiger partial charge in [0, 0.05) is 12.1 Å². The number of carbonyl (C=O) groups is 1. The first-order chi connectivity index (χ1) is 9.21. The molecule has 0 fully saturated rings. The Labute approximate surface area is 113 Å². The Morgan fingerprint density at radius 3 is 2.60 bits per heavy atom. The Morgan fingerprint density at radius 2 is 2.05 bits per heavy atom. The average Bonchev–Trinajstić information content (AvgIpc) is 2.33. The minimum atomic E-state index is -4.84. The third-order valence-electron chi connectivity index (χ3n) is 2.62. The number of amides is 1. The van der Waals surface area contributed by atoms with E-state index in [1.807, 2.05) is 0 Å². The molecular formula is C13H15F4NO2. The van der Waals surface area contributed by atoms with E-state index < -0.39 is 29.6 Å². The van der Waals surface area contributed by atoms with Crippen LogP contribution in [-0.2, 0) is 6.18 Å². The summed E-state index contributed by atoms with van der Waals surface area (Å²) in [6, 6.07) is 2.10. The van der Waals surface area contributed by atoms with Crippen molar-refractivity contribution in [2.24, 2.45) is 0 Å². The second kappa shape index (κ2) is 6.69. The second-order valence-corrected chi connectivity index (χ2v) is 4.44. The van der Waals surface area contributed by atoms with E-state index in [-0.39, 0.29) is 12.1 Å². The van der Waals surface area contributed by atoms with Gasteiger partial charge in [0.05, 0.1) is 11.7 Å². The van der Waals surface area contributed by atoms with Gasteiger partial charge in [0.15, 0.2) is 0 Å². The smallest absolute Gasteiger partial charge is 0.393 e. The average molecular weight is 293 g/mol. The number of aliphatic hydroxyl groups is 1. The highest BCUT2D eigenvalue weighted by Crippen LogP contribution is 2.31. The highest BCUT2D eigenvalue weighted by molar-refractivity contribution is 5.94. The Balaban J connectivity index is 2.70. The fourth-order valence-corrected chi connectivity index (χ4v) is 1.59. The summed E-state index contributed by atoms with van der Waals surface area (Å²) in [5.41, 5.74) is -1.72. The highest BCUT2D eigenvalue weighted by atomic mass is 19.4. The first-order valence-corrected chi connectivity index (χ1v) is 6.05. The minimum Gasteiger partial charge on any atom is -0.393 e. The minimum absolute atomic E-state index is 0.225. The van der Waals surface area contributed by atoms with Crippen LogP contribution in [-0.4, -0.2) is 23.7 Å². The Morgan fingerprint density at radius 1 is 1.40 bits per heavy atom. The molecule has 1 rings (SSSR count). The summed E-state index contributed by atoms with van der Waals surface area (Å²) in [7, 11) is 0. The summed E-state index contributed by atoms with van der Waals surface area (Å²) in [5.74, 6) is -2.12. The van der Waals surface area contributed by atoms with Crippen molar-refractivity contribution >= 4 is 5.91 Å². The van der Waals surface area contributed by atoms with Crippen molar-refractivity contribution in [2.75, 3.05) is 6.54 Å². The number of aliphatic hydroxyl groups excluding tert-OH is 1. The zero-order valence-electron chi connectivity index (χ0n) is 10.8. The maximum absolute atomic E-state index is 13.0. The van der Waals surface area contributed by atoms with Crippen molar-refractivity contribution < 1.29 is 27.5 Å². The van der Waals surface area contributed by atoms with E-state index in [9.17, 15) is 22.4 Å². The molecule has 1 unspecified atom stereocenters. The van der Waals surface area contributed by atoms with Crippen LogP contribution >= 0.6 is 0 Å². The highest BCUT2D eigenvalue weighted by Gasteiger charge is 2.34. The van der Waals surface area contributed by atoms with Crippen molar-refractivity contribution in [3.63, 3.8) is 0 Å². The topological polar surface area (TPSA) is 49.3 Å². The number of carbonyl (C=O) groups excluding carboxylic acids is 1. The SMILES string of the molecule is CC(O)CCCNC(=O)c1ccc(F)c(C(F)(F)F)c1. The quantitative estimate of drug-likeness (QED) is 0.648. The lowest BCUT2D eigenvalue weighted by Crippen LogP contribution is -2.25. The van der Waals surface area contributed by atoms with Crippen LogP contribution in [0.1, 0.15) is 35.7 Å². The monoisotopic (exact) mass is 293 g/mol. The van der Waals surface area contributed by atoms with Crippen LogP contribution in [0.4, 0.5) is 17.6 Å². The molecule has 2 N–H and O–H groups in total. The number of hydrogen-bond donors (Lipinski definition) is 2. The van der Waals surface area contributed by atoms with E-state index in [4.69, 9.17) is 5.11 Å². The van der Waals surface area contributed by atoms with Gasteiger partial charge in [0.1, 0.15) is 5.82 Å². The second-order valence-electron chi connectivity index (χ2n) is 4.44. The van der Waals surface area contributed by atoms with Crippen LogP contribution in [0.3, 0.4) is 0 Å². The van der Waals surface area contributed by atoms with E-state index in [0.717, 1.165) is 6.07 Å². The van der Waals surface area contributed by atoms with Gasteiger partial charge in [-0.1, -0.05) is 0 Å². The zero-order valence-corrected chi connectivity index (χ0v) is 10.8. The number of benzene rings is 1. The number of hydrogen-bond acceptors (Lipinski definition) is 2. The number of rotatable bonds is 5. The van der Waals surface area contributed by atoms with E-state index >= 15 is 0 Å². The lowest BCUT2D eigenvalue weighted by molar-refractivity contribution is -0.140. The van der Waals surface area contributed by atoms with Crippen molar-refractivity contribution in [3.05, 3.63) is 35.1 Å². The third kappa shape index (κ3) is 4.80. The Hall–Kier alpha value is -1.63. The first kappa shape index (κ1) is 16.4. The van der Waals surface area contributed by atoms with Gasteiger partial charge in [0.2, 0.25) is 0 Å². The molecule has 112 valence electrons. The van der Waals surface area contributed by atoms with Crippen LogP contribution < -0.4 is 5.32 Å². The molecule has 0 spiro atoms. The summed E-state index contributed by atoms with van der Waals surface area (Å²) >= 11 is 0. The molecule has 7 heteroatoms. The van der Waals surface area contributed by atoms with Gasteiger partial charge in [-0.3, -0.25) is 4.79 Å². The van der Waals surface area contributed by atoms with Gasteiger partial charge in [-0.15, -0.1) is 0 Å². The number of halogens is 4. The van der Waals surface area contributed by atoms with Crippen molar-refractivity contribution in [2.45, 2.75) is 32.0 Å². The predicted octanol–water partition coefficient (Wildman–Crippen LogP) is 2.74. The molecule has 0 aliphatic rings. The van der Waals surface area contributed by atoms with Crippen LogP contribution in [0.5, 0.6) is 0 Å². The molecule has 0 saturated carbocycles. The fourth-order valence-electron chi connectivity index (χ4n) is 1.59. The van der Waals surface area contributed by atoms with Gasteiger partial charge in [-0.05, 0) is 38.0 Å². The van der Waals surface area contributed by atoms with Gasteiger partial charge >= 0.3 is 6.18 Å². The first-order valence-electron chi connectivity index (χ1n) is 6.05. The van der Waals surface area contributed by atoms with Gasteiger partial charge in [0.25, 0.3) is 5.91 Å². The summed E-state index contributed by atoms with van der Waals surface area (Å²) in [6.45, 7) is 1.82. The molecule has 0 radical (unpaired) electrons. The molecule has 20 heavy (non-hydrogen) atoms. The van der Waals surface area contributed by atoms with Crippen LogP contribution in [0.25, 0.3) is 0 Å². The van der Waals surface area contributed by atoms with E-state index in [1.165, 1.54) is 0 Å². The van der Waals surface area contributed by atoms with Crippen LogP contribution in [0.15, 0.2) is 18.2 Å². The summed E-state index contributed by atoms with van der Waals surface area (Å²) in [5, 5.41) is 11.4. The standard InChI is InChI=1S/C13H15F4NO2/c1-8(19)3-2-6-18-12(20)9-4-5-11(14)10(7-9)13(15,16)17/h4-5,7-8,19H,2-3,6H2,1H3,(H,18,20). The van der Waals surface area contributed by atoms with Crippen molar-refractivity contribution in [1.29, 1.82) is 0 Å². The van der Waals surface area contributed by atoms with E-state index in [1.54, 1.807) is 6.92 Å². The largest absolute Gasteiger partial charge is 0.419 e. The maximum Gasteiger partial charge on any atom is 0.419 e. The molecule has 0 bridgehead atoms. The number of nitrogens with one attached hydrogen (secondary N) is 1. The summed E-state index contributed by atoms with van der Waals surface area (Å²) < 4.78 is 50.5. The molecule has 0 heterocycles. The lowest BCUT2D eigenvalue weighted by atomic mass is 10.1. The third-order valence-corrected chi connectivity index (χ3v) is 2.62.